The van der Waals surface area contributed by atoms with Gasteiger partial charge in [-0.1, -0.05) is 13.8 Å². The zero-order valence-corrected chi connectivity index (χ0v) is 41.3. The number of carboxylic acids is 4. The fourth-order valence-corrected chi connectivity index (χ4v) is 7.53. The van der Waals surface area contributed by atoms with E-state index in [2.05, 4.69) is 31.6 Å². The molecule has 1 aromatic rings. The van der Waals surface area contributed by atoms with Crippen molar-refractivity contribution in [3.05, 3.63) is 29.8 Å². The molecular formula is C39H62InN10O15S+3. The fraction of sp³-hybridized carbons (Fsp3) is 0.641. The van der Waals surface area contributed by atoms with Crippen molar-refractivity contribution in [3.63, 3.8) is 0 Å². The number of amides is 3. The predicted molar refractivity (Wildman–Crippen MR) is 238 cm³/mol. The maximum absolute atomic E-state index is 12.8. The third kappa shape index (κ3) is 23.0. The Hall–Kier alpha value is -4.96. The summed E-state index contributed by atoms with van der Waals surface area (Å²) in [5.74, 6) is -5.58. The Morgan fingerprint density at radius 3 is 2.03 bits per heavy atom. The number of nitrogens with one attached hydrogen (secondary N) is 6. The number of guanidine groups is 1. The molecule has 0 aromatic heterocycles. The number of hydrogen-bond acceptors (Lipinski definition) is 17. The molecular weight excluding hydrogens is 991 g/mol. The van der Waals surface area contributed by atoms with Gasteiger partial charge in [0.25, 0.3) is 5.91 Å². The minimum absolute atomic E-state index is 0. The SMILES string of the molecule is CC(C)(CNC(=O)CCC(C(=O)O)N1CCN(CC(=O)O)CCN(CC(=O)O)CC1)COC(=O)NCCS(=O)(=O)NC(CNC(=O)c1ccc(OCCNC2=NCCCN2)cc1)C(=O)O.[111In+3]. The minimum Gasteiger partial charge on any atom is -0.492 e. The number of aliphatic imine (C=N–C) groups is 1. The van der Waals surface area contributed by atoms with Gasteiger partial charge in [0.1, 0.15) is 24.4 Å². The molecule has 3 rings (SSSR count). The van der Waals surface area contributed by atoms with E-state index >= 15 is 0 Å². The number of sulfonamides is 1. The van der Waals surface area contributed by atoms with Crippen LogP contribution in [0, 0.1) is 5.41 Å². The Balaban J connectivity index is 0.0000150. The zero-order valence-electron chi connectivity index (χ0n) is 37.2. The quantitative estimate of drug-likeness (QED) is 0.0411. The first kappa shape index (κ1) is 57.2. The molecule has 2 heterocycles. The molecule has 10 N–H and O–H groups in total. The second-order valence-electron chi connectivity index (χ2n) is 16.1. The molecule has 0 spiro atoms. The Bertz CT molecular complexity index is 1900. The van der Waals surface area contributed by atoms with Crippen LogP contribution in [0.3, 0.4) is 0 Å². The van der Waals surface area contributed by atoms with Crippen LogP contribution in [0.1, 0.15) is 43.5 Å². The van der Waals surface area contributed by atoms with Crippen molar-refractivity contribution >= 4 is 83.6 Å². The standard InChI is InChI=1S/C39H62N10O15S.In/c1-39(2,25-45-31(50)9-8-30(36(58)59)49-18-16-47(23-32(51)52)14-15-48(17-19-49)24-33(53)54)26-64-38(60)43-13-21-65(61,62)46-29(35(56)57)22-44-34(55)27-4-6-28(7-5-27)63-20-12-42-37-40-10-3-11-41-37;/h4-7,29-30,46H,3,8-26H2,1-2H3,(H,43,60)(H,44,55)(H,45,50)(H,51,52)(H,53,54)(H,56,57)(H,58,59)(H2,40,41,42);/q;+3/i;1-4. The van der Waals surface area contributed by atoms with Gasteiger partial charge in [0.2, 0.25) is 15.9 Å². The van der Waals surface area contributed by atoms with Gasteiger partial charge in [0, 0.05) is 89.4 Å². The van der Waals surface area contributed by atoms with E-state index < -0.39 is 88.1 Å². The summed E-state index contributed by atoms with van der Waals surface area (Å²) in [4.78, 5) is 93.9. The first-order valence-corrected chi connectivity index (χ1v) is 22.7. The molecule has 0 aliphatic carbocycles. The molecule has 25 nitrogen and oxygen atoms in total. The van der Waals surface area contributed by atoms with E-state index in [0.717, 1.165) is 19.5 Å². The molecule has 364 valence electrons. The maximum atomic E-state index is 12.8. The monoisotopic (exact) mass is 1050 g/mol. The number of carbonyl (C=O) groups is 7. The molecule has 0 bridgehead atoms. The van der Waals surface area contributed by atoms with Gasteiger partial charge < -0.3 is 56.5 Å². The molecule has 2 unspecified atom stereocenters. The average molecular weight is 1050 g/mol. The number of carboxylic acid groups (broad SMARTS) is 4. The third-order valence-corrected chi connectivity index (χ3v) is 11.4. The van der Waals surface area contributed by atoms with Gasteiger partial charge in [-0.05, 0) is 37.1 Å². The van der Waals surface area contributed by atoms with Crippen LogP contribution < -0.4 is 36.0 Å². The van der Waals surface area contributed by atoms with Gasteiger partial charge in [0.15, 0.2) is 5.96 Å². The summed E-state index contributed by atoms with van der Waals surface area (Å²) in [5.41, 5.74) is -0.649. The second kappa shape index (κ2) is 28.9. The third-order valence-electron chi connectivity index (χ3n) is 9.99. The van der Waals surface area contributed by atoms with Gasteiger partial charge in [0.05, 0.1) is 32.0 Å². The number of aliphatic carboxylic acids is 4. The average Bonchev–Trinajstić information content (AvgIpc) is 3.33. The van der Waals surface area contributed by atoms with Crippen molar-refractivity contribution in [2.75, 3.05) is 111 Å². The van der Waals surface area contributed by atoms with Crippen molar-refractivity contribution in [3.8, 4) is 5.75 Å². The molecule has 2 aliphatic heterocycles. The molecule has 66 heavy (non-hydrogen) atoms. The summed E-state index contributed by atoms with van der Waals surface area (Å²) in [6.07, 6.45) is -0.311. The van der Waals surface area contributed by atoms with Crippen LogP contribution in [0.25, 0.3) is 0 Å². The van der Waals surface area contributed by atoms with Crippen molar-refractivity contribution in [2.24, 2.45) is 10.4 Å². The number of ether oxygens (including phenoxy) is 2. The second-order valence-corrected chi connectivity index (χ2v) is 17.9. The van der Waals surface area contributed by atoms with Gasteiger partial charge in [-0.2, -0.15) is 4.72 Å². The van der Waals surface area contributed by atoms with Gasteiger partial charge >= 0.3 is 55.8 Å². The van der Waals surface area contributed by atoms with Crippen LogP contribution in [-0.2, 0) is 38.7 Å². The number of hydrogen-bond donors (Lipinski definition) is 10. The van der Waals surface area contributed by atoms with E-state index in [9.17, 15) is 62.4 Å². The number of rotatable bonds is 26. The number of carbonyl (C=O) groups excluding carboxylic acids is 3. The van der Waals surface area contributed by atoms with Gasteiger partial charge in [-0.25, -0.2) is 13.2 Å². The number of benzene rings is 1. The minimum atomic E-state index is -4.28. The Morgan fingerprint density at radius 2 is 1.47 bits per heavy atom. The van der Waals surface area contributed by atoms with Crippen LogP contribution >= 0.6 is 0 Å². The number of alkyl carbamates (subject to hydrolysis) is 1. The van der Waals surface area contributed by atoms with Crippen molar-refractivity contribution in [2.45, 2.75) is 45.2 Å². The van der Waals surface area contributed by atoms with E-state index in [1.54, 1.807) is 40.7 Å². The molecule has 2 aliphatic rings. The van der Waals surface area contributed by atoms with Crippen LogP contribution in [0.5, 0.6) is 5.75 Å². The zero-order chi connectivity index (χ0) is 48.0. The Kier molecular flexibility index (Phi) is 25.1. The summed E-state index contributed by atoms with van der Waals surface area (Å²) >= 11 is 0. The van der Waals surface area contributed by atoms with E-state index in [4.69, 9.17) is 9.47 Å². The van der Waals surface area contributed by atoms with Gasteiger partial charge in [-0.3, -0.25) is 48.5 Å². The smallest absolute Gasteiger partial charge is 0.492 e. The Morgan fingerprint density at radius 1 is 0.848 bits per heavy atom. The maximum Gasteiger partial charge on any atom is 3.00 e. The molecule has 0 radical (unpaired) electrons. The van der Waals surface area contributed by atoms with E-state index in [1.807, 2.05) is 4.72 Å². The normalized spacial score (nSPS) is 16.2. The molecule has 2 atom stereocenters. The topological polar surface area (TPSA) is 347 Å². The largest absolute Gasteiger partial charge is 3.00 e. The van der Waals surface area contributed by atoms with Crippen LogP contribution in [-0.4, -0.2) is 240 Å². The fourth-order valence-electron chi connectivity index (χ4n) is 6.42. The summed E-state index contributed by atoms with van der Waals surface area (Å²) in [6, 6.07) is 3.21. The summed E-state index contributed by atoms with van der Waals surface area (Å²) in [6.45, 7) is 5.21. The van der Waals surface area contributed by atoms with E-state index in [-0.39, 0.29) is 110 Å². The van der Waals surface area contributed by atoms with Gasteiger partial charge in [-0.15, -0.1) is 0 Å². The molecule has 1 aromatic carbocycles. The van der Waals surface area contributed by atoms with E-state index in [1.165, 1.54) is 12.1 Å². The first-order valence-electron chi connectivity index (χ1n) is 21.0. The van der Waals surface area contributed by atoms with Crippen molar-refractivity contribution < 1.29 is 71.9 Å². The number of nitrogens with zero attached hydrogens (tertiary/aromatic N) is 4. The van der Waals surface area contributed by atoms with Crippen molar-refractivity contribution in [1.82, 2.24) is 46.0 Å². The Labute approximate surface area is 401 Å². The van der Waals surface area contributed by atoms with Crippen LogP contribution in [0.15, 0.2) is 29.3 Å². The first-order chi connectivity index (χ1) is 30.7. The van der Waals surface area contributed by atoms with Crippen molar-refractivity contribution in [1.29, 1.82) is 0 Å². The molecule has 1 saturated heterocycles. The molecule has 27 heteroatoms. The van der Waals surface area contributed by atoms with Crippen LogP contribution in [0.2, 0.25) is 0 Å². The summed E-state index contributed by atoms with van der Waals surface area (Å²) in [7, 11) is -4.28. The summed E-state index contributed by atoms with van der Waals surface area (Å²) in [5, 5.41) is 51.8. The summed E-state index contributed by atoms with van der Waals surface area (Å²) < 4.78 is 38.2. The predicted octanol–water partition coefficient (Wildman–Crippen LogP) is -3.08. The molecule has 1 fully saturated rings. The molecule has 0 saturated carbocycles. The van der Waals surface area contributed by atoms with E-state index in [0.29, 0.717) is 24.9 Å². The van der Waals surface area contributed by atoms with Crippen LogP contribution in [0.4, 0.5) is 4.79 Å². The molecule has 3 amide bonds.